The highest BCUT2D eigenvalue weighted by Gasteiger charge is 2.48. The van der Waals surface area contributed by atoms with Gasteiger partial charge in [0.15, 0.2) is 8.07 Å². The molecule has 0 saturated carbocycles. The van der Waals surface area contributed by atoms with Gasteiger partial charge >= 0.3 is 0 Å². The quantitative estimate of drug-likeness (QED) is 0.352. The van der Waals surface area contributed by atoms with Crippen LogP contribution < -0.4 is 25.6 Å². The van der Waals surface area contributed by atoms with Crippen LogP contribution >= 0.6 is 0 Å². The molecule has 36 heavy (non-hydrogen) atoms. The van der Waals surface area contributed by atoms with Crippen LogP contribution in [0.4, 0.5) is 17.1 Å². The van der Waals surface area contributed by atoms with E-state index < -0.39 is 8.07 Å². The van der Waals surface area contributed by atoms with Crippen molar-refractivity contribution >= 4 is 45.9 Å². The number of nitriles is 2. The van der Waals surface area contributed by atoms with Crippen LogP contribution in [0.5, 0.6) is 0 Å². The summed E-state index contributed by atoms with van der Waals surface area (Å²) in [7, 11) is -2.67. The van der Waals surface area contributed by atoms with Gasteiger partial charge in [0, 0.05) is 17.1 Å². The molecule has 0 radical (unpaired) electrons. The van der Waals surface area contributed by atoms with E-state index in [1.54, 1.807) is 6.07 Å². The van der Waals surface area contributed by atoms with Crippen LogP contribution in [-0.4, -0.2) is 8.07 Å². The third kappa shape index (κ3) is 3.17. The number of hydrogen-bond donors (Lipinski definition) is 0. The molecule has 168 valence electrons. The van der Waals surface area contributed by atoms with Crippen LogP contribution in [0.1, 0.15) is 11.1 Å². The Hall–Kier alpha value is -4.90. The fourth-order valence-corrected chi connectivity index (χ4v) is 10.7. The average molecular weight is 476 g/mol. The minimum absolute atomic E-state index is 0.471. The van der Waals surface area contributed by atoms with Gasteiger partial charge in [-0.25, -0.2) is 0 Å². The number of hydrogen-bond acceptors (Lipinski definition) is 3. The van der Waals surface area contributed by atoms with E-state index in [2.05, 4.69) is 126 Å². The maximum atomic E-state index is 9.68. The van der Waals surface area contributed by atoms with Gasteiger partial charge in [-0.15, -0.1) is 0 Å². The molecule has 0 fully saturated rings. The van der Waals surface area contributed by atoms with Crippen LogP contribution in [0.25, 0.3) is 0 Å². The zero-order valence-corrected chi connectivity index (χ0v) is 20.5. The molecule has 0 bridgehead atoms. The maximum absolute atomic E-state index is 9.68. The Bertz CT molecular complexity index is 1540. The van der Waals surface area contributed by atoms with Crippen molar-refractivity contribution in [3.63, 3.8) is 0 Å². The molecule has 0 amide bonds. The zero-order valence-electron chi connectivity index (χ0n) is 19.5. The van der Waals surface area contributed by atoms with E-state index in [9.17, 15) is 10.5 Å². The van der Waals surface area contributed by atoms with Gasteiger partial charge in [-0.3, -0.25) is 0 Å². The second-order valence-electron chi connectivity index (χ2n) is 8.84. The Morgan fingerprint density at radius 1 is 0.500 bits per heavy atom. The molecule has 0 aromatic heterocycles. The van der Waals surface area contributed by atoms with Crippen molar-refractivity contribution in [3.8, 4) is 12.1 Å². The van der Waals surface area contributed by atoms with Gasteiger partial charge in [-0.2, -0.15) is 10.5 Å². The van der Waals surface area contributed by atoms with Crippen molar-refractivity contribution in [2.75, 3.05) is 4.90 Å². The van der Waals surface area contributed by atoms with Gasteiger partial charge in [-0.1, -0.05) is 97.1 Å². The molecular formula is C32H21N3Si. The molecule has 5 aromatic rings. The first-order valence-electron chi connectivity index (χ1n) is 11.8. The summed E-state index contributed by atoms with van der Waals surface area (Å²) < 4.78 is 0. The topological polar surface area (TPSA) is 50.8 Å². The molecule has 3 nitrogen and oxygen atoms in total. The summed E-state index contributed by atoms with van der Waals surface area (Å²) in [6.07, 6.45) is 0. The second-order valence-corrected chi connectivity index (χ2v) is 12.6. The summed E-state index contributed by atoms with van der Waals surface area (Å²) >= 11 is 0. The molecular weight excluding hydrogens is 454 g/mol. The van der Waals surface area contributed by atoms with Crippen LogP contribution in [0.15, 0.2) is 127 Å². The lowest BCUT2D eigenvalue weighted by atomic mass is 10.1. The zero-order chi connectivity index (χ0) is 24.5. The SMILES string of the molecule is N#Cc1cc(C#N)cc(N2c3ccccc3[Si](c3ccccc3)(c3ccccc3)c3ccccc32)c1. The highest BCUT2D eigenvalue weighted by Crippen LogP contribution is 2.38. The predicted octanol–water partition coefficient (Wildman–Crippen LogP) is 4.59. The number of rotatable bonds is 3. The first-order chi connectivity index (χ1) is 17.8. The number of fused-ring (bicyclic) bond motifs is 2. The summed E-state index contributed by atoms with van der Waals surface area (Å²) in [4.78, 5) is 2.21. The molecule has 1 aliphatic heterocycles. The highest BCUT2D eigenvalue weighted by atomic mass is 28.3. The number of anilines is 3. The lowest BCUT2D eigenvalue weighted by Crippen LogP contribution is -2.77. The molecule has 0 unspecified atom stereocenters. The van der Waals surface area contributed by atoms with E-state index in [0.29, 0.717) is 11.1 Å². The lowest BCUT2D eigenvalue weighted by molar-refractivity contribution is 1.28. The molecule has 5 aromatic carbocycles. The van der Waals surface area contributed by atoms with E-state index in [4.69, 9.17) is 0 Å². The van der Waals surface area contributed by atoms with Crippen LogP contribution in [0, 0.1) is 22.7 Å². The van der Waals surface area contributed by atoms with Crippen molar-refractivity contribution in [2.24, 2.45) is 0 Å². The molecule has 0 spiro atoms. The Morgan fingerprint density at radius 2 is 0.917 bits per heavy atom. The molecule has 6 rings (SSSR count). The molecule has 0 saturated heterocycles. The van der Waals surface area contributed by atoms with Crippen molar-refractivity contribution in [1.29, 1.82) is 10.5 Å². The number of para-hydroxylation sites is 2. The second kappa shape index (κ2) is 8.71. The van der Waals surface area contributed by atoms with Gasteiger partial charge in [-0.05, 0) is 51.1 Å². The van der Waals surface area contributed by atoms with Crippen LogP contribution in [0.3, 0.4) is 0 Å². The average Bonchev–Trinajstić information content (AvgIpc) is 2.96. The Kier molecular flexibility index (Phi) is 5.23. The maximum Gasteiger partial charge on any atom is 0.184 e. The fraction of sp³-hybridized carbons (Fsp3) is 0. The standard InChI is InChI=1S/C32H21N3Si/c33-22-24-19-25(23-34)21-26(20-24)35-29-15-7-9-17-31(29)36(27-11-3-1-4-12-27,28-13-5-2-6-14-28)32-18-10-8-16-30(32)35/h1-21H. The summed E-state index contributed by atoms with van der Waals surface area (Å²) in [5, 5.41) is 24.6. The van der Waals surface area contributed by atoms with Gasteiger partial charge in [0.2, 0.25) is 0 Å². The van der Waals surface area contributed by atoms with Crippen molar-refractivity contribution in [2.45, 2.75) is 0 Å². The van der Waals surface area contributed by atoms with Crippen LogP contribution in [-0.2, 0) is 0 Å². The highest BCUT2D eigenvalue weighted by molar-refractivity contribution is 7.21. The molecule has 4 heteroatoms. The third-order valence-corrected chi connectivity index (χ3v) is 11.8. The number of benzene rings is 5. The Morgan fingerprint density at radius 3 is 1.36 bits per heavy atom. The summed E-state index contributed by atoms with van der Waals surface area (Å²) in [6.45, 7) is 0. The van der Waals surface area contributed by atoms with Crippen molar-refractivity contribution in [3.05, 3.63) is 139 Å². The van der Waals surface area contributed by atoms with Gasteiger partial charge in [0.1, 0.15) is 0 Å². The molecule has 1 aliphatic rings. The summed E-state index contributed by atoms with van der Waals surface area (Å²) in [5.41, 5.74) is 3.91. The first kappa shape index (κ1) is 21.6. The Labute approximate surface area is 211 Å². The molecule has 1 heterocycles. The monoisotopic (exact) mass is 475 g/mol. The smallest absolute Gasteiger partial charge is 0.184 e. The normalized spacial score (nSPS) is 13.1. The Balaban J connectivity index is 1.76. The molecule has 0 N–H and O–H groups in total. The molecule has 0 aliphatic carbocycles. The van der Waals surface area contributed by atoms with E-state index in [1.165, 1.54) is 20.7 Å². The van der Waals surface area contributed by atoms with Gasteiger partial charge < -0.3 is 4.90 Å². The predicted molar refractivity (Wildman–Crippen MR) is 148 cm³/mol. The van der Waals surface area contributed by atoms with E-state index in [-0.39, 0.29) is 0 Å². The molecule has 0 atom stereocenters. The van der Waals surface area contributed by atoms with Crippen molar-refractivity contribution in [1.82, 2.24) is 0 Å². The fourth-order valence-electron chi connectivity index (χ4n) is 5.56. The van der Waals surface area contributed by atoms with E-state index >= 15 is 0 Å². The van der Waals surface area contributed by atoms with Gasteiger partial charge in [0.05, 0.1) is 23.3 Å². The largest absolute Gasteiger partial charge is 0.311 e. The van der Waals surface area contributed by atoms with E-state index in [1.807, 2.05) is 12.1 Å². The number of nitrogens with zero attached hydrogens (tertiary/aromatic N) is 3. The van der Waals surface area contributed by atoms with E-state index in [0.717, 1.165) is 17.1 Å². The summed E-state index contributed by atoms with van der Waals surface area (Å²) in [6, 6.07) is 48.7. The lowest BCUT2D eigenvalue weighted by Gasteiger charge is -2.45. The van der Waals surface area contributed by atoms with Crippen molar-refractivity contribution < 1.29 is 0 Å². The summed E-state index contributed by atoms with van der Waals surface area (Å²) in [5.74, 6) is 0. The minimum atomic E-state index is -2.67. The van der Waals surface area contributed by atoms with Crippen LogP contribution in [0.2, 0.25) is 0 Å². The third-order valence-electron chi connectivity index (χ3n) is 6.95. The first-order valence-corrected chi connectivity index (χ1v) is 13.8. The van der Waals surface area contributed by atoms with Gasteiger partial charge in [0.25, 0.3) is 0 Å². The minimum Gasteiger partial charge on any atom is -0.311 e.